The number of hydrogen-bond donors (Lipinski definition) is 1. The van der Waals surface area contributed by atoms with Crippen LogP contribution in [0.2, 0.25) is 0 Å². The summed E-state index contributed by atoms with van der Waals surface area (Å²) in [4.78, 5) is 4.43. The molecule has 2 rings (SSSR count). The molecule has 2 heterocycles. The molecular formula is C13H22N2OS. The van der Waals surface area contributed by atoms with Gasteiger partial charge in [-0.15, -0.1) is 0 Å². The van der Waals surface area contributed by atoms with Gasteiger partial charge in [-0.1, -0.05) is 20.8 Å². The van der Waals surface area contributed by atoms with E-state index in [-0.39, 0.29) is 5.41 Å². The molecule has 3 nitrogen and oxygen atoms in total. The minimum Gasteiger partial charge on any atom is -0.380 e. The predicted molar refractivity (Wildman–Crippen MR) is 72.1 cm³/mol. The van der Waals surface area contributed by atoms with E-state index in [1.165, 1.54) is 0 Å². The Morgan fingerprint density at radius 3 is 2.94 bits per heavy atom. The van der Waals surface area contributed by atoms with Crippen molar-refractivity contribution in [1.82, 2.24) is 9.55 Å². The average Bonchev–Trinajstić information content (AvgIpc) is 2.72. The van der Waals surface area contributed by atoms with Gasteiger partial charge in [0.15, 0.2) is 0 Å². The maximum Gasteiger partial charge on any atom is 0.142 e. The van der Waals surface area contributed by atoms with Gasteiger partial charge in [0.25, 0.3) is 0 Å². The van der Waals surface area contributed by atoms with Crippen LogP contribution < -0.4 is 0 Å². The molecule has 0 radical (unpaired) electrons. The molecule has 17 heavy (non-hydrogen) atoms. The third kappa shape index (κ3) is 2.13. The van der Waals surface area contributed by atoms with Crippen LogP contribution in [0.3, 0.4) is 0 Å². The van der Waals surface area contributed by atoms with Crippen molar-refractivity contribution in [2.45, 2.75) is 45.8 Å². The first-order valence-corrected chi connectivity index (χ1v) is 7.48. The van der Waals surface area contributed by atoms with E-state index in [1.54, 1.807) is 6.20 Å². The molecule has 1 unspecified atom stereocenters. The van der Waals surface area contributed by atoms with Crippen LogP contribution in [0.4, 0.5) is 0 Å². The molecule has 1 atom stereocenters. The van der Waals surface area contributed by atoms with Crippen LogP contribution >= 0.6 is 11.8 Å². The zero-order valence-electron chi connectivity index (χ0n) is 10.9. The predicted octanol–water partition coefficient (Wildman–Crippen LogP) is 2.64. The van der Waals surface area contributed by atoms with E-state index >= 15 is 0 Å². The van der Waals surface area contributed by atoms with Crippen molar-refractivity contribution < 1.29 is 5.11 Å². The van der Waals surface area contributed by atoms with Crippen LogP contribution in [0, 0.1) is 5.41 Å². The first kappa shape index (κ1) is 13.0. The normalized spacial score (nSPS) is 28.2. The molecule has 96 valence electrons. The maximum atomic E-state index is 11.1. The summed E-state index contributed by atoms with van der Waals surface area (Å²) in [5, 5.41) is 11.1. The Bertz CT molecular complexity index is 389. The average molecular weight is 254 g/mol. The van der Waals surface area contributed by atoms with Crippen molar-refractivity contribution in [3.63, 3.8) is 0 Å². The molecule has 1 fully saturated rings. The van der Waals surface area contributed by atoms with E-state index in [0.717, 1.165) is 36.7 Å². The van der Waals surface area contributed by atoms with Crippen molar-refractivity contribution >= 4 is 11.8 Å². The van der Waals surface area contributed by atoms with E-state index in [0.29, 0.717) is 0 Å². The first-order valence-electron chi connectivity index (χ1n) is 6.33. The summed E-state index contributed by atoms with van der Waals surface area (Å²) in [5.74, 6) is 2.72. The number of aryl methyl sites for hydroxylation is 1. The van der Waals surface area contributed by atoms with Gasteiger partial charge in [0, 0.05) is 30.1 Å². The fourth-order valence-electron chi connectivity index (χ4n) is 2.41. The van der Waals surface area contributed by atoms with Crippen molar-refractivity contribution in [1.29, 1.82) is 0 Å². The summed E-state index contributed by atoms with van der Waals surface area (Å²) >= 11 is 1.83. The van der Waals surface area contributed by atoms with Crippen LogP contribution in [-0.2, 0) is 12.1 Å². The third-order valence-electron chi connectivity index (χ3n) is 3.85. The van der Waals surface area contributed by atoms with Crippen LogP contribution in [0.5, 0.6) is 0 Å². The molecule has 1 aromatic rings. The number of thioether (sulfide) groups is 1. The van der Waals surface area contributed by atoms with Crippen molar-refractivity contribution in [2.75, 3.05) is 11.5 Å². The van der Waals surface area contributed by atoms with Gasteiger partial charge >= 0.3 is 0 Å². The monoisotopic (exact) mass is 254 g/mol. The Kier molecular flexibility index (Phi) is 3.55. The number of imidazole rings is 1. The lowest BCUT2D eigenvalue weighted by molar-refractivity contribution is -0.0674. The molecule has 1 aliphatic rings. The minimum atomic E-state index is -0.797. The summed E-state index contributed by atoms with van der Waals surface area (Å²) in [6, 6.07) is 0. The molecule has 0 spiro atoms. The van der Waals surface area contributed by atoms with E-state index in [4.69, 9.17) is 0 Å². The molecular weight excluding hydrogens is 232 g/mol. The highest BCUT2D eigenvalue weighted by atomic mass is 32.2. The Morgan fingerprint density at radius 1 is 1.53 bits per heavy atom. The Morgan fingerprint density at radius 2 is 2.29 bits per heavy atom. The lowest BCUT2D eigenvalue weighted by atomic mass is 9.73. The molecule has 1 N–H and O–H groups in total. The minimum absolute atomic E-state index is 0.102. The van der Waals surface area contributed by atoms with Gasteiger partial charge in [-0.2, -0.15) is 11.8 Å². The summed E-state index contributed by atoms with van der Waals surface area (Å²) in [6.07, 6.45) is 5.88. The van der Waals surface area contributed by atoms with Crippen LogP contribution in [-0.4, -0.2) is 26.2 Å². The quantitative estimate of drug-likeness (QED) is 0.901. The van der Waals surface area contributed by atoms with E-state index in [2.05, 4.69) is 30.3 Å². The zero-order chi connectivity index (χ0) is 12.5. The summed E-state index contributed by atoms with van der Waals surface area (Å²) in [6.45, 7) is 7.38. The van der Waals surface area contributed by atoms with Gasteiger partial charge in [-0.25, -0.2) is 4.98 Å². The van der Waals surface area contributed by atoms with Gasteiger partial charge in [-0.05, 0) is 18.6 Å². The number of aromatic nitrogens is 2. The molecule has 0 bridgehead atoms. The largest absolute Gasteiger partial charge is 0.380 e. The summed E-state index contributed by atoms with van der Waals surface area (Å²) in [5.41, 5.74) is -0.899. The second kappa shape index (κ2) is 4.65. The number of hydrogen-bond acceptors (Lipinski definition) is 3. The van der Waals surface area contributed by atoms with E-state index < -0.39 is 5.60 Å². The molecule has 0 aromatic carbocycles. The Balaban J connectivity index is 2.38. The van der Waals surface area contributed by atoms with Crippen LogP contribution in [0.1, 0.15) is 39.4 Å². The maximum absolute atomic E-state index is 11.1. The number of aliphatic hydroxyl groups is 1. The highest BCUT2D eigenvalue weighted by molar-refractivity contribution is 7.99. The van der Waals surface area contributed by atoms with E-state index in [1.807, 2.05) is 18.0 Å². The van der Waals surface area contributed by atoms with Crippen molar-refractivity contribution in [3.05, 3.63) is 18.2 Å². The Hall–Kier alpha value is -0.480. The third-order valence-corrected chi connectivity index (χ3v) is 4.97. The summed E-state index contributed by atoms with van der Waals surface area (Å²) in [7, 11) is 0. The van der Waals surface area contributed by atoms with Crippen LogP contribution in [0.15, 0.2) is 12.4 Å². The van der Waals surface area contributed by atoms with E-state index in [9.17, 15) is 5.11 Å². The molecule has 0 amide bonds. The molecule has 0 aliphatic carbocycles. The zero-order valence-corrected chi connectivity index (χ0v) is 11.8. The van der Waals surface area contributed by atoms with Gasteiger partial charge in [-0.3, -0.25) is 0 Å². The second-order valence-electron chi connectivity index (χ2n) is 5.49. The van der Waals surface area contributed by atoms with Crippen molar-refractivity contribution in [2.24, 2.45) is 5.41 Å². The smallest absolute Gasteiger partial charge is 0.142 e. The van der Waals surface area contributed by atoms with Gasteiger partial charge in [0.2, 0.25) is 0 Å². The lowest BCUT2D eigenvalue weighted by Gasteiger charge is -2.45. The van der Waals surface area contributed by atoms with Gasteiger partial charge < -0.3 is 9.67 Å². The molecule has 1 aromatic heterocycles. The second-order valence-corrected chi connectivity index (χ2v) is 6.60. The first-order chi connectivity index (χ1) is 8.01. The molecule has 1 aliphatic heterocycles. The van der Waals surface area contributed by atoms with Gasteiger partial charge in [0.1, 0.15) is 11.4 Å². The fourth-order valence-corrected chi connectivity index (χ4v) is 4.03. The number of nitrogens with zero attached hydrogens (tertiary/aromatic N) is 2. The standard InChI is InChI=1S/C13H22N2OS/c1-4-7-15-8-6-14-11(15)13(16)10-17-9-5-12(13,2)3/h6,8,16H,4-5,7,9-10H2,1-3H3. The van der Waals surface area contributed by atoms with Gasteiger partial charge in [0.05, 0.1) is 0 Å². The Labute approximate surface area is 108 Å². The SMILES string of the molecule is CCCn1ccnc1C1(O)CSCCC1(C)C. The fraction of sp³-hybridized carbons (Fsp3) is 0.769. The highest BCUT2D eigenvalue weighted by Crippen LogP contribution is 2.47. The lowest BCUT2D eigenvalue weighted by Crippen LogP contribution is -2.49. The molecule has 0 saturated carbocycles. The number of rotatable bonds is 3. The topological polar surface area (TPSA) is 38.0 Å². The van der Waals surface area contributed by atoms with Crippen LogP contribution in [0.25, 0.3) is 0 Å². The summed E-state index contributed by atoms with van der Waals surface area (Å²) < 4.78 is 2.10. The highest BCUT2D eigenvalue weighted by Gasteiger charge is 2.49. The molecule has 4 heteroatoms. The molecule has 1 saturated heterocycles. The van der Waals surface area contributed by atoms with Crippen molar-refractivity contribution in [3.8, 4) is 0 Å².